The molecule has 5 heteroatoms. The maximum Gasteiger partial charge on any atom is 0.129 e. The molecular weight excluding hydrogens is 224 g/mol. The minimum Gasteiger partial charge on any atom is -0.394 e. The topological polar surface area (TPSA) is 65.4 Å². The average molecular weight is 242 g/mol. The molecule has 90 valence electrons. The van der Waals surface area contributed by atoms with Gasteiger partial charge in [-0.1, -0.05) is 6.07 Å². The molecule has 0 spiro atoms. The quantitative estimate of drug-likeness (QED) is 0.668. The summed E-state index contributed by atoms with van der Waals surface area (Å²) >= 11 is 1.59. The van der Waals surface area contributed by atoms with Crippen LogP contribution in [0.4, 0.5) is 5.82 Å². The van der Waals surface area contributed by atoms with Crippen LogP contribution >= 0.6 is 11.8 Å². The van der Waals surface area contributed by atoms with Crippen molar-refractivity contribution in [2.45, 2.75) is 18.8 Å². The number of aliphatic hydroxyl groups is 2. The number of thioether (sulfide) groups is 1. The van der Waals surface area contributed by atoms with Gasteiger partial charge >= 0.3 is 0 Å². The summed E-state index contributed by atoms with van der Waals surface area (Å²) < 4.78 is 0. The third-order valence-electron chi connectivity index (χ3n) is 2.01. The van der Waals surface area contributed by atoms with Gasteiger partial charge in [0.2, 0.25) is 0 Å². The van der Waals surface area contributed by atoms with E-state index in [0.717, 1.165) is 23.7 Å². The van der Waals surface area contributed by atoms with E-state index in [1.54, 1.807) is 18.0 Å². The summed E-state index contributed by atoms with van der Waals surface area (Å²) in [7, 11) is 0. The lowest BCUT2D eigenvalue weighted by molar-refractivity contribution is 0.113. The lowest BCUT2D eigenvalue weighted by Crippen LogP contribution is -2.14. The van der Waals surface area contributed by atoms with E-state index < -0.39 is 6.10 Å². The van der Waals surface area contributed by atoms with Gasteiger partial charge < -0.3 is 15.5 Å². The van der Waals surface area contributed by atoms with E-state index in [2.05, 4.69) is 10.3 Å². The number of anilines is 1. The number of aliphatic hydroxyl groups excluding tert-OH is 2. The Balaban J connectivity index is 2.46. The molecule has 0 fully saturated rings. The number of pyridine rings is 1. The predicted molar refractivity (Wildman–Crippen MR) is 67.7 cm³/mol. The van der Waals surface area contributed by atoms with E-state index >= 15 is 0 Å². The summed E-state index contributed by atoms with van der Waals surface area (Å²) in [6, 6.07) is 3.92. The van der Waals surface area contributed by atoms with Crippen LogP contribution in [0.15, 0.2) is 18.3 Å². The summed E-state index contributed by atoms with van der Waals surface area (Å²) in [5.41, 5.74) is 1.12. The molecule has 0 aliphatic rings. The van der Waals surface area contributed by atoms with Crippen LogP contribution in [-0.2, 0) is 5.75 Å². The Labute approximate surface area is 100 Å². The largest absolute Gasteiger partial charge is 0.394 e. The fourth-order valence-corrected chi connectivity index (χ4v) is 2.19. The van der Waals surface area contributed by atoms with E-state index in [-0.39, 0.29) is 6.61 Å². The molecular formula is C11H18N2O2S. The molecule has 1 rings (SSSR count). The number of rotatable bonds is 7. The Bertz CT molecular complexity index is 310. The van der Waals surface area contributed by atoms with Crippen molar-refractivity contribution in [3.8, 4) is 0 Å². The molecule has 0 aliphatic heterocycles. The fourth-order valence-electron chi connectivity index (χ4n) is 1.24. The van der Waals surface area contributed by atoms with Crippen LogP contribution in [0.5, 0.6) is 0 Å². The minimum atomic E-state index is -0.635. The van der Waals surface area contributed by atoms with E-state index in [1.807, 2.05) is 19.1 Å². The third-order valence-corrected chi connectivity index (χ3v) is 3.15. The predicted octanol–water partition coefficient (Wildman–Crippen LogP) is 1.10. The monoisotopic (exact) mass is 242 g/mol. The molecule has 1 unspecified atom stereocenters. The lowest BCUT2D eigenvalue weighted by atomic mass is 10.3. The molecule has 0 saturated heterocycles. The molecule has 0 radical (unpaired) electrons. The molecule has 4 nitrogen and oxygen atoms in total. The molecule has 1 heterocycles. The highest BCUT2D eigenvalue weighted by Gasteiger charge is 2.05. The van der Waals surface area contributed by atoms with Gasteiger partial charge in [-0.15, -0.1) is 0 Å². The van der Waals surface area contributed by atoms with Crippen molar-refractivity contribution in [2.75, 3.05) is 24.2 Å². The summed E-state index contributed by atoms with van der Waals surface area (Å²) in [5, 5.41) is 21.1. The first kappa shape index (κ1) is 13.3. The van der Waals surface area contributed by atoms with Crippen LogP contribution in [0.2, 0.25) is 0 Å². The summed E-state index contributed by atoms with van der Waals surface area (Å²) in [6.07, 6.45) is 1.12. The smallest absolute Gasteiger partial charge is 0.129 e. The van der Waals surface area contributed by atoms with Crippen LogP contribution in [0, 0.1) is 0 Å². The molecule has 0 amide bonds. The van der Waals surface area contributed by atoms with Crippen LogP contribution in [0.1, 0.15) is 12.5 Å². The van der Waals surface area contributed by atoms with E-state index in [0.29, 0.717) is 5.75 Å². The SMILES string of the molecule is CCNc1ncccc1CSCC(O)CO. The van der Waals surface area contributed by atoms with Gasteiger partial charge in [-0.2, -0.15) is 11.8 Å². The number of hydrogen-bond donors (Lipinski definition) is 3. The first-order valence-electron chi connectivity index (χ1n) is 5.32. The lowest BCUT2D eigenvalue weighted by Gasteiger charge is -2.10. The highest BCUT2D eigenvalue weighted by Crippen LogP contribution is 2.19. The molecule has 0 aromatic carbocycles. The normalized spacial score (nSPS) is 12.4. The maximum absolute atomic E-state index is 9.21. The second-order valence-electron chi connectivity index (χ2n) is 3.39. The van der Waals surface area contributed by atoms with Crippen molar-refractivity contribution in [2.24, 2.45) is 0 Å². The van der Waals surface area contributed by atoms with Gasteiger partial charge in [0, 0.05) is 29.8 Å². The Morgan fingerprint density at radius 1 is 1.56 bits per heavy atom. The first-order valence-corrected chi connectivity index (χ1v) is 6.47. The molecule has 1 aromatic rings. The first-order chi connectivity index (χ1) is 7.77. The van der Waals surface area contributed by atoms with E-state index in [9.17, 15) is 5.11 Å². The van der Waals surface area contributed by atoms with Gasteiger partial charge in [0.1, 0.15) is 5.82 Å². The highest BCUT2D eigenvalue weighted by atomic mass is 32.2. The second-order valence-corrected chi connectivity index (χ2v) is 4.42. The number of aromatic nitrogens is 1. The Kier molecular flexibility index (Phi) is 6.22. The Morgan fingerprint density at radius 2 is 2.38 bits per heavy atom. The summed E-state index contributed by atoms with van der Waals surface area (Å²) in [5.74, 6) is 2.22. The summed E-state index contributed by atoms with van der Waals surface area (Å²) in [6.45, 7) is 2.69. The van der Waals surface area contributed by atoms with Gasteiger partial charge in [-0.05, 0) is 13.0 Å². The van der Waals surface area contributed by atoms with Gasteiger partial charge in [-0.3, -0.25) is 0 Å². The van der Waals surface area contributed by atoms with E-state index in [1.165, 1.54) is 0 Å². The second kappa shape index (κ2) is 7.49. The van der Waals surface area contributed by atoms with Crippen molar-refractivity contribution in [1.29, 1.82) is 0 Å². The minimum absolute atomic E-state index is 0.180. The highest BCUT2D eigenvalue weighted by molar-refractivity contribution is 7.98. The molecule has 1 aromatic heterocycles. The third kappa shape index (κ3) is 4.38. The molecule has 0 bridgehead atoms. The van der Waals surface area contributed by atoms with Crippen molar-refractivity contribution in [3.05, 3.63) is 23.9 Å². The van der Waals surface area contributed by atoms with Crippen molar-refractivity contribution in [1.82, 2.24) is 4.98 Å². The van der Waals surface area contributed by atoms with Gasteiger partial charge in [0.05, 0.1) is 12.7 Å². The maximum atomic E-state index is 9.21. The van der Waals surface area contributed by atoms with Crippen LogP contribution in [0.3, 0.4) is 0 Å². The van der Waals surface area contributed by atoms with Gasteiger partial charge in [-0.25, -0.2) is 4.98 Å². The van der Waals surface area contributed by atoms with E-state index in [4.69, 9.17) is 5.11 Å². The molecule has 3 N–H and O–H groups in total. The van der Waals surface area contributed by atoms with Crippen LogP contribution < -0.4 is 5.32 Å². The molecule has 0 aliphatic carbocycles. The molecule has 1 atom stereocenters. The fraction of sp³-hybridized carbons (Fsp3) is 0.545. The number of nitrogens with one attached hydrogen (secondary N) is 1. The zero-order chi connectivity index (χ0) is 11.8. The van der Waals surface area contributed by atoms with Crippen LogP contribution in [0.25, 0.3) is 0 Å². The zero-order valence-electron chi connectivity index (χ0n) is 9.39. The number of nitrogens with zero attached hydrogens (tertiary/aromatic N) is 1. The zero-order valence-corrected chi connectivity index (χ0v) is 10.2. The van der Waals surface area contributed by atoms with Crippen LogP contribution in [-0.4, -0.2) is 40.2 Å². The van der Waals surface area contributed by atoms with Crippen molar-refractivity contribution >= 4 is 17.6 Å². The molecule has 0 saturated carbocycles. The Morgan fingerprint density at radius 3 is 3.06 bits per heavy atom. The summed E-state index contributed by atoms with van der Waals surface area (Å²) in [4.78, 5) is 4.25. The molecule has 16 heavy (non-hydrogen) atoms. The van der Waals surface area contributed by atoms with Crippen molar-refractivity contribution in [3.63, 3.8) is 0 Å². The van der Waals surface area contributed by atoms with Gasteiger partial charge in [0.25, 0.3) is 0 Å². The average Bonchev–Trinajstić information content (AvgIpc) is 2.31. The number of hydrogen-bond acceptors (Lipinski definition) is 5. The van der Waals surface area contributed by atoms with Crippen molar-refractivity contribution < 1.29 is 10.2 Å². The standard InChI is InChI=1S/C11H18N2O2S/c1-2-12-11-9(4-3-5-13-11)7-16-8-10(15)6-14/h3-5,10,14-15H,2,6-8H2,1H3,(H,12,13). The Hall–Kier alpha value is -0.780. The van der Waals surface area contributed by atoms with Gasteiger partial charge in [0.15, 0.2) is 0 Å².